The molecular weight excluding hydrogens is 388 g/mol. The summed E-state index contributed by atoms with van der Waals surface area (Å²) in [5.41, 5.74) is 3.36. The van der Waals surface area contributed by atoms with Crippen LogP contribution in [-0.4, -0.2) is 30.2 Å². The fourth-order valence-corrected chi connectivity index (χ4v) is 4.11. The van der Waals surface area contributed by atoms with Crippen molar-refractivity contribution < 1.29 is 19.1 Å². The van der Waals surface area contributed by atoms with E-state index in [1.165, 1.54) is 18.4 Å². The van der Waals surface area contributed by atoms with Crippen LogP contribution in [0, 0.1) is 13.8 Å². The van der Waals surface area contributed by atoms with Crippen LogP contribution in [0.25, 0.3) is 10.2 Å². The van der Waals surface area contributed by atoms with Crippen molar-refractivity contribution in [2.24, 2.45) is 4.99 Å². The number of ether oxygens (including phenoxy) is 2. The third-order valence-corrected chi connectivity index (χ3v) is 5.59. The fourth-order valence-electron chi connectivity index (χ4n) is 3.03. The second-order valence-electron chi connectivity index (χ2n) is 6.66. The number of aromatic nitrogens is 1. The van der Waals surface area contributed by atoms with E-state index < -0.39 is 0 Å². The molecule has 0 unspecified atom stereocenters. The number of aryl methyl sites for hydroxylation is 3. The zero-order chi connectivity index (χ0) is 21.0. The molecule has 0 saturated heterocycles. The van der Waals surface area contributed by atoms with Gasteiger partial charge in [0.1, 0.15) is 5.75 Å². The lowest BCUT2D eigenvalue weighted by Gasteiger charge is -2.06. The first-order chi connectivity index (χ1) is 13.9. The second-order valence-corrected chi connectivity index (χ2v) is 7.67. The predicted octanol–water partition coefficient (Wildman–Crippen LogP) is 4.02. The second kappa shape index (κ2) is 9.05. The first kappa shape index (κ1) is 20.8. The zero-order valence-electron chi connectivity index (χ0n) is 17.0. The van der Waals surface area contributed by atoms with E-state index in [9.17, 15) is 9.59 Å². The number of fused-ring (bicyclic) bond motifs is 1. The van der Waals surface area contributed by atoms with Crippen molar-refractivity contribution in [2.45, 2.75) is 33.7 Å². The highest BCUT2D eigenvalue weighted by molar-refractivity contribution is 7.16. The Balaban J connectivity index is 2.10. The highest BCUT2D eigenvalue weighted by Crippen LogP contribution is 2.24. The average Bonchev–Trinajstić information content (AvgIpc) is 3.04. The average molecular weight is 413 g/mol. The molecule has 0 spiro atoms. The Labute approximate surface area is 173 Å². The monoisotopic (exact) mass is 412 g/mol. The van der Waals surface area contributed by atoms with Crippen LogP contribution in [-0.2, 0) is 16.1 Å². The van der Waals surface area contributed by atoms with Crippen LogP contribution < -0.4 is 9.54 Å². The summed E-state index contributed by atoms with van der Waals surface area (Å²) < 4.78 is 13.2. The van der Waals surface area contributed by atoms with E-state index in [1.54, 1.807) is 0 Å². The number of benzene rings is 2. The van der Waals surface area contributed by atoms with E-state index in [0.717, 1.165) is 27.1 Å². The van der Waals surface area contributed by atoms with Gasteiger partial charge in [-0.05, 0) is 50.6 Å². The highest BCUT2D eigenvalue weighted by atomic mass is 32.1. The van der Waals surface area contributed by atoms with E-state index in [2.05, 4.69) is 4.99 Å². The van der Waals surface area contributed by atoms with Gasteiger partial charge < -0.3 is 14.0 Å². The minimum absolute atomic E-state index is 0.195. The first-order valence-corrected chi connectivity index (χ1v) is 10.2. The van der Waals surface area contributed by atoms with Crippen LogP contribution in [0.5, 0.6) is 5.75 Å². The van der Waals surface area contributed by atoms with Crippen molar-refractivity contribution in [1.29, 1.82) is 0 Å². The quantitative estimate of drug-likeness (QED) is 0.574. The fraction of sp³-hybridized carbons (Fsp3) is 0.318. The number of rotatable bonds is 6. The maximum absolute atomic E-state index is 12.9. The molecule has 6 nitrogen and oxygen atoms in total. The number of hydrogen-bond donors (Lipinski definition) is 0. The molecule has 1 amide bonds. The van der Waals surface area contributed by atoms with Crippen LogP contribution in [0.2, 0.25) is 0 Å². The van der Waals surface area contributed by atoms with Gasteiger partial charge in [-0.3, -0.25) is 9.59 Å². The Morgan fingerprint density at radius 1 is 1.14 bits per heavy atom. The van der Waals surface area contributed by atoms with Gasteiger partial charge in [-0.15, -0.1) is 0 Å². The van der Waals surface area contributed by atoms with Crippen molar-refractivity contribution in [2.75, 3.05) is 13.7 Å². The smallest absolute Gasteiger partial charge is 0.307 e. The molecule has 29 heavy (non-hydrogen) atoms. The zero-order valence-corrected chi connectivity index (χ0v) is 17.8. The van der Waals surface area contributed by atoms with Gasteiger partial charge in [-0.25, -0.2) is 0 Å². The van der Waals surface area contributed by atoms with E-state index in [0.29, 0.717) is 23.5 Å². The number of carbonyl (C=O) groups excluding carboxylic acids is 2. The lowest BCUT2D eigenvalue weighted by molar-refractivity contribution is -0.140. The molecule has 0 aliphatic heterocycles. The molecule has 152 valence electrons. The Hall–Kier alpha value is -2.93. The first-order valence-electron chi connectivity index (χ1n) is 9.42. The number of methoxy groups -OCH3 is 1. The normalized spacial score (nSPS) is 11.7. The van der Waals surface area contributed by atoms with Gasteiger partial charge in [0.05, 0.1) is 30.4 Å². The molecule has 3 rings (SSSR count). The summed E-state index contributed by atoms with van der Waals surface area (Å²) in [6, 6.07) is 11.5. The van der Waals surface area contributed by atoms with Crippen molar-refractivity contribution in [3.05, 3.63) is 57.9 Å². The third kappa shape index (κ3) is 4.74. The number of esters is 1. The maximum atomic E-state index is 12.9. The van der Waals surface area contributed by atoms with Crippen molar-refractivity contribution in [3.8, 4) is 5.75 Å². The summed E-state index contributed by atoms with van der Waals surface area (Å²) in [5, 5.41) is 0. The minimum Gasteiger partial charge on any atom is -0.494 e. The molecule has 0 saturated carbocycles. The Kier molecular flexibility index (Phi) is 6.49. The van der Waals surface area contributed by atoms with Gasteiger partial charge in [0.15, 0.2) is 4.80 Å². The van der Waals surface area contributed by atoms with Crippen LogP contribution in [0.15, 0.2) is 41.4 Å². The lowest BCUT2D eigenvalue weighted by Crippen LogP contribution is -2.19. The van der Waals surface area contributed by atoms with Gasteiger partial charge in [-0.1, -0.05) is 29.0 Å². The SMILES string of the molecule is CCOc1ccc2c(c1)sc(=NC(=O)c1cc(C)ccc1C)n2CCC(=O)OC. The van der Waals surface area contributed by atoms with Crippen LogP contribution >= 0.6 is 11.3 Å². The number of carbonyl (C=O) groups is 2. The Morgan fingerprint density at radius 2 is 1.93 bits per heavy atom. The van der Waals surface area contributed by atoms with E-state index in [-0.39, 0.29) is 18.3 Å². The van der Waals surface area contributed by atoms with Crippen molar-refractivity contribution in [3.63, 3.8) is 0 Å². The molecule has 2 aromatic carbocycles. The summed E-state index contributed by atoms with van der Waals surface area (Å²) in [6.07, 6.45) is 0.195. The molecule has 0 aliphatic rings. The van der Waals surface area contributed by atoms with Gasteiger partial charge in [0, 0.05) is 12.1 Å². The van der Waals surface area contributed by atoms with Crippen LogP contribution in [0.1, 0.15) is 34.8 Å². The predicted molar refractivity (Wildman–Crippen MR) is 113 cm³/mol. The van der Waals surface area contributed by atoms with Gasteiger partial charge in [0.25, 0.3) is 5.91 Å². The molecular formula is C22H24N2O4S. The molecule has 0 N–H and O–H groups in total. The third-order valence-electron chi connectivity index (χ3n) is 4.55. The largest absolute Gasteiger partial charge is 0.494 e. The lowest BCUT2D eigenvalue weighted by atomic mass is 10.1. The van der Waals surface area contributed by atoms with E-state index in [1.807, 2.05) is 61.7 Å². The Morgan fingerprint density at radius 3 is 2.66 bits per heavy atom. The van der Waals surface area contributed by atoms with Gasteiger partial charge in [0.2, 0.25) is 0 Å². The maximum Gasteiger partial charge on any atom is 0.307 e. The highest BCUT2D eigenvalue weighted by Gasteiger charge is 2.13. The summed E-state index contributed by atoms with van der Waals surface area (Å²) in [4.78, 5) is 29.5. The van der Waals surface area contributed by atoms with Crippen molar-refractivity contribution >= 4 is 33.4 Å². The Bertz CT molecular complexity index is 1130. The van der Waals surface area contributed by atoms with Gasteiger partial charge in [-0.2, -0.15) is 4.99 Å². The number of nitrogens with zero attached hydrogens (tertiary/aromatic N) is 2. The summed E-state index contributed by atoms with van der Waals surface area (Å²) >= 11 is 1.40. The summed E-state index contributed by atoms with van der Waals surface area (Å²) in [7, 11) is 1.36. The molecule has 0 radical (unpaired) electrons. The molecule has 3 aromatic rings. The van der Waals surface area contributed by atoms with E-state index >= 15 is 0 Å². The topological polar surface area (TPSA) is 69.9 Å². The molecule has 1 heterocycles. The molecule has 1 aromatic heterocycles. The molecule has 0 fully saturated rings. The molecule has 7 heteroatoms. The van der Waals surface area contributed by atoms with Crippen LogP contribution in [0.4, 0.5) is 0 Å². The molecule has 0 bridgehead atoms. The molecule has 0 aliphatic carbocycles. The number of thiazole rings is 1. The van der Waals surface area contributed by atoms with Crippen LogP contribution in [0.3, 0.4) is 0 Å². The summed E-state index contributed by atoms with van der Waals surface area (Å²) in [6.45, 7) is 6.72. The number of amides is 1. The standard InChI is InChI=1S/C22H24N2O4S/c1-5-28-16-8-9-18-19(13-16)29-22(24(18)11-10-20(25)27-4)23-21(26)17-12-14(2)6-7-15(17)3/h6-9,12-13H,5,10-11H2,1-4H3. The number of hydrogen-bond acceptors (Lipinski definition) is 5. The summed E-state index contributed by atoms with van der Waals surface area (Å²) in [5.74, 6) is 0.151. The van der Waals surface area contributed by atoms with Crippen molar-refractivity contribution in [1.82, 2.24) is 4.57 Å². The minimum atomic E-state index is -0.311. The van der Waals surface area contributed by atoms with Gasteiger partial charge >= 0.3 is 5.97 Å². The van der Waals surface area contributed by atoms with E-state index in [4.69, 9.17) is 9.47 Å². The molecule has 0 atom stereocenters.